The van der Waals surface area contributed by atoms with Gasteiger partial charge in [-0.05, 0) is 43.8 Å². The third kappa shape index (κ3) is 16.9. The minimum Gasteiger partial charge on any atom is -0.469 e. The van der Waals surface area contributed by atoms with Crippen molar-refractivity contribution in [3.8, 4) is 0 Å². The van der Waals surface area contributed by atoms with Gasteiger partial charge in [-0.25, -0.2) is 0 Å². The summed E-state index contributed by atoms with van der Waals surface area (Å²) in [6.07, 6.45) is 6.43. The molecule has 0 spiro atoms. The van der Waals surface area contributed by atoms with E-state index < -0.39 is 8.32 Å². The van der Waals surface area contributed by atoms with Crippen molar-refractivity contribution in [3.05, 3.63) is 0 Å². The Morgan fingerprint density at radius 3 is 1.63 bits per heavy atom. The van der Waals surface area contributed by atoms with E-state index in [2.05, 4.69) is 43.3 Å². The summed E-state index contributed by atoms with van der Waals surface area (Å²) in [5.74, 6) is -0.284. The molecule has 0 aliphatic carbocycles. The van der Waals surface area contributed by atoms with Crippen LogP contribution in [0.2, 0.25) is 18.1 Å². The molecule has 0 aromatic carbocycles. The van der Waals surface area contributed by atoms with E-state index in [-0.39, 0.29) is 23.6 Å². The largest absolute Gasteiger partial charge is 0.469 e. The van der Waals surface area contributed by atoms with Crippen molar-refractivity contribution in [1.29, 1.82) is 0 Å². The number of aliphatic hydroxyl groups excluding tert-OH is 1. The fraction of sp³-hybridized carbons (Fsp3) is 0.900. The minimum absolute atomic E-state index is 0.115. The van der Waals surface area contributed by atoms with Crippen LogP contribution in [-0.4, -0.2) is 52.8 Å². The van der Waals surface area contributed by atoms with Crippen LogP contribution in [0.15, 0.2) is 0 Å². The summed E-state index contributed by atoms with van der Waals surface area (Å²) in [4.78, 5) is 21.4. The molecular weight excluding hydrogens is 364 g/mol. The van der Waals surface area contributed by atoms with Crippen LogP contribution in [0.4, 0.5) is 0 Å². The predicted octanol–water partition coefficient (Wildman–Crippen LogP) is 4.45. The lowest BCUT2D eigenvalue weighted by Gasteiger charge is -2.36. The molecule has 0 fully saturated rings. The van der Waals surface area contributed by atoms with Gasteiger partial charge in [-0.1, -0.05) is 33.6 Å². The van der Waals surface area contributed by atoms with Crippen molar-refractivity contribution in [1.82, 2.24) is 0 Å². The fourth-order valence-corrected chi connectivity index (χ4v) is 2.94. The van der Waals surface area contributed by atoms with Gasteiger partial charge in [0.2, 0.25) is 0 Å². The fourth-order valence-electron chi connectivity index (χ4n) is 1.85. The highest BCUT2D eigenvalue weighted by Gasteiger charge is 2.36. The summed E-state index contributed by atoms with van der Waals surface area (Å²) in [6, 6.07) is 0. The van der Waals surface area contributed by atoms with Crippen molar-refractivity contribution in [2.24, 2.45) is 0 Å². The van der Waals surface area contributed by atoms with Crippen molar-refractivity contribution in [3.63, 3.8) is 0 Å². The molecule has 162 valence electrons. The molecule has 0 heterocycles. The Bertz CT molecular complexity index is 390. The molecular formula is C20H42O6Si. The molecule has 27 heavy (non-hydrogen) atoms. The minimum atomic E-state index is -1.59. The van der Waals surface area contributed by atoms with Gasteiger partial charge in [0.05, 0.1) is 14.2 Å². The Kier molecular flexibility index (Phi) is 16.8. The average molecular weight is 407 g/mol. The van der Waals surface area contributed by atoms with E-state index >= 15 is 0 Å². The lowest BCUT2D eigenvalue weighted by Crippen LogP contribution is -2.40. The summed E-state index contributed by atoms with van der Waals surface area (Å²) in [5, 5.41) is 8.65. The first-order valence-electron chi connectivity index (χ1n) is 9.90. The van der Waals surface area contributed by atoms with E-state index in [1.807, 2.05) is 0 Å². The van der Waals surface area contributed by atoms with Gasteiger partial charge >= 0.3 is 11.9 Å². The van der Waals surface area contributed by atoms with E-state index in [0.29, 0.717) is 12.8 Å². The van der Waals surface area contributed by atoms with Crippen molar-refractivity contribution in [2.75, 3.05) is 27.4 Å². The number of methoxy groups -OCH3 is 2. The zero-order valence-corrected chi connectivity index (χ0v) is 19.6. The van der Waals surface area contributed by atoms with Crippen molar-refractivity contribution < 1.29 is 28.6 Å². The first-order chi connectivity index (χ1) is 12.5. The SMILES string of the molecule is COC(=O)CCCCCO.COC(=O)CCCCCO[Si](C)(C)C(C)(C)C. The van der Waals surface area contributed by atoms with Gasteiger partial charge in [-0.2, -0.15) is 0 Å². The van der Waals surface area contributed by atoms with E-state index in [4.69, 9.17) is 9.53 Å². The van der Waals surface area contributed by atoms with E-state index in [9.17, 15) is 9.59 Å². The van der Waals surface area contributed by atoms with Crippen LogP contribution in [-0.2, 0) is 23.5 Å². The highest BCUT2D eigenvalue weighted by molar-refractivity contribution is 6.74. The van der Waals surface area contributed by atoms with Gasteiger partial charge < -0.3 is 19.0 Å². The van der Waals surface area contributed by atoms with Crippen molar-refractivity contribution in [2.45, 2.75) is 90.3 Å². The molecule has 6 nitrogen and oxygen atoms in total. The first-order valence-corrected chi connectivity index (χ1v) is 12.8. The maximum Gasteiger partial charge on any atom is 0.305 e. The normalized spacial score (nSPS) is 11.4. The molecule has 1 N–H and O–H groups in total. The van der Waals surface area contributed by atoms with E-state index in [1.165, 1.54) is 14.2 Å². The van der Waals surface area contributed by atoms with Gasteiger partial charge in [0.25, 0.3) is 0 Å². The van der Waals surface area contributed by atoms with Crippen LogP contribution in [0.25, 0.3) is 0 Å². The molecule has 0 unspecified atom stereocenters. The molecule has 0 bridgehead atoms. The second kappa shape index (κ2) is 16.1. The summed E-state index contributed by atoms with van der Waals surface area (Å²) in [5.41, 5.74) is 0. The van der Waals surface area contributed by atoms with Crippen LogP contribution in [0, 0.1) is 0 Å². The Morgan fingerprint density at radius 1 is 0.815 bits per heavy atom. The lowest BCUT2D eigenvalue weighted by atomic mass is 10.2. The Balaban J connectivity index is 0. The number of carbonyl (C=O) groups excluding carboxylic acids is 2. The molecule has 0 saturated carbocycles. The van der Waals surface area contributed by atoms with Crippen LogP contribution in [0.3, 0.4) is 0 Å². The quantitative estimate of drug-likeness (QED) is 0.293. The number of rotatable bonds is 12. The molecule has 7 heteroatoms. The average Bonchev–Trinajstić information content (AvgIpc) is 2.60. The number of ether oxygens (including phenoxy) is 2. The van der Waals surface area contributed by atoms with Crippen LogP contribution in [0.5, 0.6) is 0 Å². The van der Waals surface area contributed by atoms with Crippen LogP contribution in [0.1, 0.15) is 72.1 Å². The zero-order chi connectivity index (χ0) is 21.3. The molecule has 0 atom stereocenters. The summed E-state index contributed by atoms with van der Waals surface area (Å²) in [7, 11) is 1.23. The summed E-state index contributed by atoms with van der Waals surface area (Å²) >= 11 is 0. The second-order valence-electron chi connectivity index (χ2n) is 8.11. The van der Waals surface area contributed by atoms with Crippen LogP contribution >= 0.6 is 0 Å². The molecule has 0 aliphatic heterocycles. The maximum absolute atomic E-state index is 10.9. The van der Waals surface area contributed by atoms with Gasteiger partial charge in [-0.15, -0.1) is 0 Å². The summed E-state index contributed by atoms with van der Waals surface area (Å²) in [6.45, 7) is 12.3. The number of hydrogen-bond donors (Lipinski definition) is 1. The Labute approximate surface area is 167 Å². The van der Waals surface area contributed by atoms with Crippen LogP contribution < -0.4 is 0 Å². The molecule has 0 aliphatic rings. The number of unbranched alkanes of at least 4 members (excludes halogenated alkanes) is 4. The predicted molar refractivity (Wildman–Crippen MR) is 111 cm³/mol. The zero-order valence-electron chi connectivity index (χ0n) is 18.6. The number of carbonyl (C=O) groups is 2. The Hall–Kier alpha value is -0.923. The van der Waals surface area contributed by atoms with Gasteiger partial charge in [0.15, 0.2) is 8.32 Å². The highest BCUT2D eigenvalue weighted by atomic mass is 28.4. The van der Waals surface area contributed by atoms with E-state index in [1.54, 1.807) is 0 Å². The molecule has 0 saturated heterocycles. The highest BCUT2D eigenvalue weighted by Crippen LogP contribution is 2.36. The number of esters is 2. The molecule has 0 aromatic heterocycles. The second-order valence-corrected chi connectivity index (χ2v) is 12.9. The monoisotopic (exact) mass is 406 g/mol. The topological polar surface area (TPSA) is 82.1 Å². The lowest BCUT2D eigenvalue weighted by molar-refractivity contribution is -0.141. The van der Waals surface area contributed by atoms with Gasteiger partial charge in [0.1, 0.15) is 0 Å². The molecule has 0 amide bonds. The third-order valence-corrected chi connectivity index (χ3v) is 9.33. The smallest absolute Gasteiger partial charge is 0.305 e. The van der Waals surface area contributed by atoms with E-state index in [0.717, 1.165) is 45.1 Å². The van der Waals surface area contributed by atoms with Crippen molar-refractivity contribution >= 4 is 20.3 Å². The van der Waals surface area contributed by atoms with Gasteiger partial charge in [-0.3, -0.25) is 9.59 Å². The standard InChI is InChI=1S/C13H28O3Si.C7H14O3/c1-13(2,3)17(5,6)16-11-9-7-8-10-12(14)15-4;1-10-7(9)5-3-2-4-6-8/h7-11H2,1-6H3;8H,2-6H2,1H3. The maximum atomic E-state index is 10.9. The molecule has 0 radical (unpaired) electrons. The number of hydrogen-bond acceptors (Lipinski definition) is 6. The Morgan fingerprint density at radius 2 is 1.26 bits per heavy atom. The van der Waals surface area contributed by atoms with Gasteiger partial charge in [0, 0.05) is 26.1 Å². The molecule has 0 aromatic rings. The third-order valence-electron chi connectivity index (χ3n) is 4.79. The first kappa shape index (κ1) is 28.3. The molecule has 0 rings (SSSR count). The number of aliphatic hydroxyl groups is 1. The summed E-state index contributed by atoms with van der Waals surface area (Å²) < 4.78 is 15.1.